The molecule has 120 valence electrons. The summed E-state index contributed by atoms with van der Waals surface area (Å²) in [5, 5.41) is 8.46. The van der Waals surface area contributed by atoms with Crippen molar-refractivity contribution in [2.75, 3.05) is 10.6 Å². The predicted molar refractivity (Wildman–Crippen MR) is 98.9 cm³/mol. The van der Waals surface area contributed by atoms with Crippen LogP contribution in [0.4, 0.5) is 11.4 Å². The fraction of sp³-hybridized carbons (Fsp3) is 0.316. The number of carbonyl (C=O) groups is 1. The minimum Gasteiger partial charge on any atom is -0.382 e. The topological polar surface area (TPSA) is 41.1 Å². The van der Waals surface area contributed by atoms with E-state index < -0.39 is 0 Å². The number of nitrogens with one attached hydrogen (secondary N) is 2. The lowest BCUT2D eigenvalue weighted by atomic mass is 9.95. The monoisotopic (exact) mass is 326 g/mol. The highest BCUT2D eigenvalue weighted by Crippen LogP contribution is 2.22. The van der Waals surface area contributed by atoms with Crippen molar-refractivity contribution in [3.05, 3.63) is 52.7 Å². The van der Waals surface area contributed by atoms with Crippen molar-refractivity contribution in [2.45, 2.75) is 38.1 Å². The zero-order valence-corrected chi connectivity index (χ0v) is 13.9. The van der Waals surface area contributed by atoms with Crippen molar-refractivity contribution in [1.29, 1.82) is 0 Å². The largest absolute Gasteiger partial charge is 0.382 e. The minimum absolute atomic E-state index is 0.105. The van der Waals surface area contributed by atoms with Gasteiger partial charge in [-0.25, -0.2) is 0 Å². The Morgan fingerprint density at radius 1 is 1.04 bits per heavy atom. The van der Waals surface area contributed by atoms with Gasteiger partial charge in [0, 0.05) is 28.4 Å². The molecule has 3 rings (SSSR count). The van der Waals surface area contributed by atoms with Crippen molar-refractivity contribution in [3.63, 3.8) is 0 Å². The molecule has 23 heavy (non-hydrogen) atoms. The summed E-state index contributed by atoms with van der Waals surface area (Å²) in [6, 6.07) is 12.5. The SMILES string of the molecule is O=C(/C=C/c1cccs1)Nc1ccc(NC2CCCCC2)cc1. The number of carbonyl (C=O) groups excluding carboxylic acids is 1. The molecular formula is C19H22N2OS. The van der Waals surface area contributed by atoms with Gasteiger partial charge in [0.1, 0.15) is 0 Å². The van der Waals surface area contributed by atoms with Gasteiger partial charge in [0.25, 0.3) is 0 Å². The van der Waals surface area contributed by atoms with Crippen LogP contribution in [0.2, 0.25) is 0 Å². The smallest absolute Gasteiger partial charge is 0.248 e. The van der Waals surface area contributed by atoms with E-state index in [2.05, 4.69) is 10.6 Å². The molecule has 1 aliphatic carbocycles. The summed E-state index contributed by atoms with van der Waals surface area (Å²) >= 11 is 1.61. The maximum Gasteiger partial charge on any atom is 0.248 e. The van der Waals surface area contributed by atoms with E-state index in [9.17, 15) is 4.79 Å². The van der Waals surface area contributed by atoms with Crippen LogP contribution in [0.15, 0.2) is 47.9 Å². The van der Waals surface area contributed by atoms with Gasteiger partial charge >= 0.3 is 0 Å². The lowest BCUT2D eigenvalue weighted by Crippen LogP contribution is -2.22. The molecule has 0 aliphatic heterocycles. The summed E-state index contributed by atoms with van der Waals surface area (Å²) in [6.45, 7) is 0. The Bertz CT molecular complexity index is 641. The zero-order chi connectivity index (χ0) is 15.9. The third-order valence-corrected chi connectivity index (χ3v) is 4.91. The highest BCUT2D eigenvalue weighted by atomic mass is 32.1. The van der Waals surface area contributed by atoms with Crippen LogP contribution >= 0.6 is 11.3 Å². The molecule has 0 unspecified atom stereocenters. The molecule has 1 amide bonds. The fourth-order valence-corrected chi connectivity index (χ4v) is 3.48. The summed E-state index contributed by atoms with van der Waals surface area (Å²) in [5.41, 5.74) is 1.95. The summed E-state index contributed by atoms with van der Waals surface area (Å²) in [6.07, 6.45) is 9.92. The first-order valence-electron chi connectivity index (χ1n) is 8.19. The lowest BCUT2D eigenvalue weighted by molar-refractivity contribution is -0.111. The number of amides is 1. The molecule has 1 saturated carbocycles. The fourth-order valence-electron chi connectivity index (χ4n) is 2.86. The number of thiophene rings is 1. The molecule has 3 nitrogen and oxygen atoms in total. The number of hydrogen-bond acceptors (Lipinski definition) is 3. The molecule has 2 aromatic rings. The van der Waals surface area contributed by atoms with Gasteiger partial charge in [-0.3, -0.25) is 4.79 Å². The second kappa shape index (κ2) is 7.97. The Kier molecular flexibility index (Phi) is 5.48. The van der Waals surface area contributed by atoms with Gasteiger partial charge in [-0.05, 0) is 54.6 Å². The Balaban J connectivity index is 1.51. The van der Waals surface area contributed by atoms with Gasteiger partial charge in [0.05, 0.1) is 0 Å². The van der Waals surface area contributed by atoms with Gasteiger partial charge in [0.15, 0.2) is 0 Å². The average molecular weight is 326 g/mol. The van der Waals surface area contributed by atoms with E-state index in [1.165, 1.54) is 32.1 Å². The van der Waals surface area contributed by atoms with Crippen molar-refractivity contribution in [2.24, 2.45) is 0 Å². The second-order valence-corrected chi connectivity index (χ2v) is 6.87. The molecule has 2 N–H and O–H groups in total. The van der Waals surface area contributed by atoms with Crippen molar-refractivity contribution < 1.29 is 4.79 Å². The summed E-state index contributed by atoms with van der Waals surface area (Å²) < 4.78 is 0. The third kappa shape index (κ3) is 4.96. The third-order valence-electron chi connectivity index (χ3n) is 4.07. The molecule has 1 aromatic heterocycles. The summed E-state index contributed by atoms with van der Waals surface area (Å²) in [7, 11) is 0. The Morgan fingerprint density at radius 3 is 2.48 bits per heavy atom. The highest BCUT2D eigenvalue weighted by molar-refractivity contribution is 7.10. The van der Waals surface area contributed by atoms with Crippen LogP contribution in [0.1, 0.15) is 37.0 Å². The van der Waals surface area contributed by atoms with Crippen molar-refractivity contribution in [1.82, 2.24) is 0 Å². The number of benzene rings is 1. The van der Waals surface area contributed by atoms with Crippen LogP contribution in [-0.4, -0.2) is 11.9 Å². The van der Waals surface area contributed by atoms with Crippen LogP contribution in [0.5, 0.6) is 0 Å². The predicted octanol–water partition coefficient (Wildman–Crippen LogP) is 5.14. The molecule has 4 heteroatoms. The van der Waals surface area contributed by atoms with Crippen LogP contribution in [-0.2, 0) is 4.79 Å². The zero-order valence-electron chi connectivity index (χ0n) is 13.1. The Labute approximate surface area is 141 Å². The van der Waals surface area contributed by atoms with E-state index in [-0.39, 0.29) is 5.91 Å². The molecule has 0 radical (unpaired) electrons. The van der Waals surface area contributed by atoms with E-state index >= 15 is 0 Å². The van der Waals surface area contributed by atoms with Gasteiger partial charge in [0.2, 0.25) is 5.91 Å². The molecule has 1 fully saturated rings. The summed E-state index contributed by atoms with van der Waals surface area (Å²) in [5.74, 6) is -0.105. The van der Waals surface area contributed by atoms with Crippen LogP contribution in [0, 0.1) is 0 Å². The minimum atomic E-state index is -0.105. The second-order valence-electron chi connectivity index (χ2n) is 5.89. The average Bonchev–Trinajstić information content (AvgIpc) is 3.09. The molecule has 0 spiro atoms. The molecule has 0 saturated heterocycles. The summed E-state index contributed by atoms with van der Waals surface area (Å²) in [4.78, 5) is 13.0. The van der Waals surface area contributed by atoms with Crippen LogP contribution < -0.4 is 10.6 Å². The molecule has 1 aromatic carbocycles. The van der Waals surface area contributed by atoms with E-state index in [0.29, 0.717) is 6.04 Å². The van der Waals surface area contributed by atoms with Crippen molar-refractivity contribution in [3.8, 4) is 0 Å². The van der Waals surface area contributed by atoms with E-state index in [1.54, 1.807) is 17.4 Å². The van der Waals surface area contributed by atoms with Crippen LogP contribution in [0.3, 0.4) is 0 Å². The normalized spacial score (nSPS) is 15.7. The van der Waals surface area contributed by atoms with Gasteiger partial charge in [-0.15, -0.1) is 11.3 Å². The Morgan fingerprint density at radius 2 is 1.78 bits per heavy atom. The molecule has 0 bridgehead atoms. The van der Waals surface area contributed by atoms with E-state index in [1.807, 2.05) is 47.9 Å². The number of rotatable bonds is 5. The quantitative estimate of drug-likeness (QED) is 0.747. The number of hydrogen-bond donors (Lipinski definition) is 2. The van der Waals surface area contributed by atoms with Gasteiger partial charge in [-0.1, -0.05) is 25.3 Å². The highest BCUT2D eigenvalue weighted by Gasteiger charge is 2.12. The maximum atomic E-state index is 11.9. The molecule has 1 aliphatic rings. The standard InChI is InChI=1S/C19H22N2OS/c22-19(13-12-18-7-4-14-23-18)21-17-10-8-16(9-11-17)20-15-5-2-1-3-6-15/h4,7-15,20H,1-3,5-6H2,(H,21,22)/b13-12+. The molecule has 1 heterocycles. The first-order chi connectivity index (χ1) is 11.3. The lowest BCUT2D eigenvalue weighted by Gasteiger charge is -2.23. The maximum absolute atomic E-state index is 11.9. The van der Waals surface area contributed by atoms with E-state index in [0.717, 1.165) is 16.3 Å². The van der Waals surface area contributed by atoms with Gasteiger partial charge < -0.3 is 10.6 Å². The van der Waals surface area contributed by atoms with Gasteiger partial charge in [-0.2, -0.15) is 0 Å². The number of anilines is 2. The van der Waals surface area contributed by atoms with Crippen LogP contribution in [0.25, 0.3) is 6.08 Å². The van der Waals surface area contributed by atoms with Crippen molar-refractivity contribution >= 4 is 34.7 Å². The molecule has 0 atom stereocenters. The first kappa shape index (κ1) is 15.8. The van der Waals surface area contributed by atoms with E-state index in [4.69, 9.17) is 0 Å². The Hall–Kier alpha value is -2.07. The first-order valence-corrected chi connectivity index (χ1v) is 9.07. The molecular weight excluding hydrogens is 304 g/mol.